The van der Waals surface area contributed by atoms with E-state index in [4.69, 9.17) is 22.6 Å². The highest BCUT2D eigenvalue weighted by molar-refractivity contribution is 6.33. The van der Waals surface area contributed by atoms with Gasteiger partial charge in [-0.1, -0.05) is 11.6 Å². The molecule has 0 radical (unpaired) electrons. The van der Waals surface area contributed by atoms with Gasteiger partial charge in [0.25, 0.3) is 0 Å². The maximum absolute atomic E-state index is 8.90. The van der Waals surface area contributed by atoms with E-state index < -0.39 is 0 Å². The first kappa shape index (κ1) is 13.9. The number of aromatic nitrogens is 2. The second kappa shape index (κ2) is 6.08. The first-order valence-corrected chi connectivity index (χ1v) is 6.35. The van der Waals surface area contributed by atoms with Crippen molar-refractivity contribution in [2.24, 2.45) is 0 Å². The molecular weight excluding hydrogens is 276 g/mol. The Morgan fingerprint density at radius 2 is 2.05 bits per heavy atom. The molecular formula is C13H13ClN6. The highest BCUT2D eigenvalue weighted by Crippen LogP contribution is 2.26. The molecule has 0 bridgehead atoms. The van der Waals surface area contributed by atoms with Crippen LogP contribution in [0.2, 0.25) is 5.02 Å². The van der Waals surface area contributed by atoms with Crippen LogP contribution in [0.15, 0.2) is 24.3 Å². The smallest absolute Gasteiger partial charge is 0.223 e. The van der Waals surface area contributed by atoms with Gasteiger partial charge in [0.2, 0.25) is 5.95 Å². The van der Waals surface area contributed by atoms with Crippen molar-refractivity contribution in [2.75, 3.05) is 22.9 Å². The molecule has 20 heavy (non-hydrogen) atoms. The van der Waals surface area contributed by atoms with Crippen LogP contribution < -0.4 is 16.4 Å². The van der Waals surface area contributed by atoms with E-state index >= 15 is 0 Å². The van der Waals surface area contributed by atoms with E-state index in [-0.39, 0.29) is 5.95 Å². The van der Waals surface area contributed by atoms with E-state index in [1.165, 1.54) is 0 Å². The van der Waals surface area contributed by atoms with Gasteiger partial charge in [-0.05, 0) is 25.1 Å². The van der Waals surface area contributed by atoms with Crippen molar-refractivity contribution >= 4 is 34.9 Å². The number of halogens is 1. The fraction of sp³-hybridized carbons (Fsp3) is 0.154. The molecule has 1 heterocycles. The number of benzene rings is 1. The molecule has 0 fully saturated rings. The highest BCUT2D eigenvalue weighted by Gasteiger charge is 2.06. The summed E-state index contributed by atoms with van der Waals surface area (Å²) in [5, 5.41) is 15.5. The van der Waals surface area contributed by atoms with Crippen molar-refractivity contribution in [3.63, 3.8) is 0 Å². The zero-order valence-electron chi connectivity index (χ0n) is 10.8. The quantitative estimate of drug-likeness (QED) is 0.800. The van der Waals surface area contributed by atoms with Crippen molar-refractivity contribution in [3.05, 3.63) is 34.9 Å². The van der Waals surface area contributed by atoms with Crippen molar-refractivity contribution in [1.82, 2.24) is 9.97 Å². The van der Waals surface area contributed by atoms with Gasteiger partial charge in [0, 0.05) is 12.6 Å². The predicted octanol–water partition coefficient (Wildman–Crippen LogP) is 2.76. The number of hydrogen-bond donors (Lipinski definition) is 3. The largest absolute Gasteiger partial charge is 0.370 e. The average molecular weight is 289 g/mol. The second-order valence-corrected chi connectivity index (χ2v) is 4.37. The van der Waals surface area contributed by atoms with Crippen LogP contribution in [0, 0.1) is 11.3 Å². The number of rotatable bonds is 4. The summed E-state index contributed by atoms with van der Waals surface area (Å²) in [6, 6.07) is 8.71. The summed E-state index contributed by atoms with van der Waals surface area (Å²) in [6.07, 6.45) is 0. The monoisotopic (exact) mass is 288 g/mol. The number of hydrogen-bond acceptors (Lipinski definition) is 6. The van der Waals surface area contributed by atoms with Gasteiger partial charge in [0.15, 0.2) is 0 Å². The summed E-state index contributed by atoms with van der Waals surface area (Å²) >= 11 is 6.08. The standard InChI is InChI=1S/C13H13ClN6/c1-2-17-11-6-12(20-13(16)19-11)18-10-5-8(7-15)3-4-9(10)14/h3-6H,2H2,1H3,(H4,16,17,18,19,20). The minimum absolute atomic E-state index is 0.151. The Labute approximate surface area is 121 Å². The predicted molar refractivity (Wildman–Crippen MR) is 80.1 cm³/mol. The number of anilines is 4. The number of nitrogen functional groups attached to an aromatic ring is 1. The van der Waals surface area contributed by atoms with Crippen LogP contribution in [-0.4, -0.2) is 16.5 Å². The molecule has 2 rings (SSSR count). The molecule has 7 heteroatoms. The molecule has 4 N–H and O–H groups in total. The molecule has 0 spiro atoms. The first-order chi connectivity index (χ1) is 9.62. The van der Waals surface area contributed by atoms with Gasteiger partial charge in [0.05, 0.1) is 22.3 Å². The fourth-order valence-electron chi connectivity index (χ4n) is 1.63. The average Bonchev–Trinajstić information content (AvgIpc) is 2.41. The minimum Gasteiger partial charge on any atom is -0.370 e. The van der Waals surface area contributed by atoms with E-state index in [1.54, 1.807) is 24.3 Å². The van der Waals surface area contributed by atoms with Gasteiger partial charge in [-0.3, -0.25) is 0 Å². The molecule has 0 aliphatic carbocycles. The van der Waals surface area contributed by atoms with Gasteiger partial charge in [0.1, 0.15) is 11.6 Å². The lowest BCUT2D eigenvalue weighted by Gasteiger charge is -2.10. The molecule has 0 saturated heterocycles. The molecule has 6 nitrogen and oxygen atoms in total. The molecule has 0 atom stereocenters. The zero-order valence-corrected chi connectivity index (χ0v) is 11.6. The second-order valence-electron chi connectivity index (χ2n) is 3.96. The molecule has 0 unspecified atom stereocenters. The molecule has 0 aliphatic heterocycles. The molecule has 0 saturated carbocycles. The van der Waals surface area contributed by atoms with Crippen LogP contribution in [0.4, 0.5) is 23.3 Å². The van der Waals surface area contributed by atoms with Crippen molar-refractivity contribution in [3.8, 4) is 6.07 Å². The van der Waals surface area contributed by atoms with Crippen LogP contribution in [0.25, 0.3) is 0 Å². The van der Waals surface area contributed by atoms with Crippen LogP contribution in [0.3, 0.4) is 0 Å². The molecule has 102 valence electrons. The van der Waals surface area contributed by atoms with Crippen LogP contribution in [-0.2, 0) is 0 Å². The Morgan fingerprint density at radius 3 is 2.75 bits per heavy atom. The molecule has 0 amide bonds. The van der Waals surface area contributed by atoms with E-state index in [1.807, 2.05) is 6.92 Å². The van der Waals surface area contributed by atoms with Gasteiger partial charge < -0.3 is 16.4 Å². The van der Waals surface area contributed by atoms with Gasteiger partial charge in [-0.25, -0.2) is 0 Å². The van der Waals surface area contributed by atoms with E-state index in [0.717, 1.165) is 6.54 Å². The number of nitrogens with zero attached hydrogens (tertiary/aromatic N) is 3. The summed E-state index contributed by atoms with van der Waals surface area (Å²) in [6.45, 7) is 2.68. The van der Waals surface area contributed by atoms with Crippen LogP contribution in [0.1, 0.15) is 12.5 Å². The Kier molecular flexibility index (Phi) is 4.23. The Bertz CT molecular complexity index is 664. The molecule has 0 aliphatic rings. The van der Waals surface area contributed by atoms with Gasteiger partial charge in [-0.2, -0.15) is 15.2 Å². The third kappa shape index (κ3) is 3.28. The fourth-order valence-corrected chi connectivity index (χ4v) is 1.79. The van der Waals surface area contributed by atoms with E-state index in [2.05, 4.69) is 26.7 Å². The molecule has 1 aromatic heterocycles. The Balaban J connectivity index is 2.32. The van der Waals surface area contributed by atoms with Crippen LogP contribution >= 0.6 is 11.6 Å². The third-order valence-corrected chi connectivity index (χ3v) is 2.79. The summed E-state index contributed by atoms with van der Waals surface area (Å²) < 4.78 is 0. The Hall–Kier alpha value is -2.52. The zero-order chi connectivity index (χ0) is 14.5. The highest BCUT2D eigenvalue weighted by atomic mass is 35.5. The molecule has 2 aromatic rings. The molecule has 1 aromatic carbocycles. The van der Waals surface area contributed by atoms with Crippen molar-refractivity contribution < 1.29 is 0 Å². The topological polar surface area (TPSA) is 99.6 Å². The van der Waals surface area contributed by atoms with Crippen LogP contribution in [0.5, 0.6) is 0 Å². The SMILES string of the molecule is CCNc1cc(Nc2cc(C#N)ccc2Cl)nc(N)n1. The maximum Gasteiger partial charge on any atom is 0.223 e. The Morgan fingerprint density at radius 1 is 1.30 bits per heavy atom. The number of nitriles is 1. The number of nitrogens with one attached hydrogen (secondary N) is 2. The summed E-state index contributed by atoms with van der Waals surface area (Å²) in [5.74, 6) is 1.28. The van der Waals surface area contributed by atoms with Crippen molar-refractivity contribution in [1.29, 1.82) is 5.26 Å². The first-order valence-electron chi connectivity index (χ1n) is 5.97. The van der Waals surface area contributed by atoms with E-state index in [9.17, 15) is 0 Å². The van der Waals surface area contributed by atoms with Gasteiger partial charge in [-0.15, -0.1) is 0 Å². The summed E-state index contributed by atoms with van der Waals surface area (Å²) in [4.78, 5) is 8.13. The van der Waals surface area contributed by atoms with Crippen molar-refractivity contribution in [2.45, 2.75) is 6.92 Å². The lowest BCUT2D eigenvalue weighted by molar-refractivity contribution is 1.12. The van der Waals surface area contributed by atoms with Gasteiger partial charge >= 0.3 is 0 Å². The third-order valence-electron chi connectivity index (χ3n) is 2.46. The summed E-state index contributed by atoms with van der Waals surface area (Å²) in [5.41, 5.74) is 6.74. The normalized spacial score (nSPS) is 9.85. The lowest BCUT2D eigenvalue weighted by atomic mass is 10.2. The summed E-state index contributed by atoms with van der Waals surface area (Å²) in [7, 11) is 0. The number of nitrogens with two attached hydrogens (primary N) is 1. The van der Waals surface area contributed by atoms with E-state index in [0.29, 0.717) is 27.9 Å². The minimum atomic E-state index is 0.151. The maximum atomic E-state index is 8.90. The lowest BCUT2D eigenvalue weighted by Crippen LogP contribution is -2.05.